The molecule has 182 valence electrons. The van der Waals surface area contributed by atoms with Gasteiger partial charge >= 0.3 is 5.69 Å². The van der Waals surface area contributed by atoms with E-state index in [1.807, 2.05) is 30.3 Å². The lowest BCUT2D eigenvalue weighted by atomic mass is 10.0. The van der Waals surface area contributed by atoms with E-state index in [4.69, 9.17) is 9.72 Å². The maximum atomic E-state index is 13.1. The van der Waals surface area contributed by atoms with Crippen LogP contribution in [0, 0.1) is 0 Å². The summed E-state index contributed by atoms with van der Waals surface area (Å²) in [6.07, 6.45) is 4.37. The molecule has 0 saturated carbocycles. The summed E-state index contributed by atoms with van der Waals surface area (Å²) in [6, 6.07) is 9.38. The third-order valence-electron chi connectivity index (χ3n) is 6.80. The summed E-state index contributed by atoms with van der Waals surface area (Å²) < 4.78 is 6.59. The number of likely N-dealkylation sites (tertiary alicyclic amines) is 1. The number of carbonyl (C=O) groups is 1. The van der Waals surface area contributed by atoms with E-state index in [1.54, 1.807) is 15.7 Å². The van der Waals surface area contributed by atoms with E-state index in [-0.39, 0.29) is 18.6 Å². The fourth-order valence-corrected chi connectivity index (χ4v) is 4.99. The number of fused-ring (bicyclic) bond motifs is 4. The summed E-state index contributed by atoms with van der Waals surface area (Å²) in [5, 5.41) is 8.26. The van der Waals surface area contributed by atoms with Crippen LogP contribution in [0.2, 0.25) is 0 Å². The van der Waals surface area contributed by atoms with Gasteiger partial charge in [0.2, 0.25) is 5.91 Å². The third kappa shape index (κ3) is 3.64. The number of rotatable bonds is 4. The van der Waals surface area contributed by atoms with Crippen LogP contribution in [-0.4, -0.2) is 67.3 Å². The van der Waals surface area contributed by atoms with Crippen LogP contribution in [0.15, 0.2) is 52.3 Å². The zero-order valence-electron chi connectivity index (χ0n) is 19.5. The van der Waals surface area contributed by atoms with E-state index < -0.39 is 11.2 Å². The molecule has 5 aromatic rings. The van der Waals surface area contributed by atoms with E-state index in [1.165, 1.54) is 13.3 Å². The Morgan fingerprint density at radius 1 is 1.14 bits per heavy atom. The lowest BCUT2D eigenvalue weighted by Crippen LogP contribution is -2.43. The van der Waals surface area contributed by atoms with Crippen LogP contribution in [0.4, 0.5) is 0 Å². The number of carbonyl (C=O) groups excluding carboxylic acids is 1. The number of nitrogens with zero attached hydrogens (tertiary/aromatic N) is 5. The summed E-state index contributed by atoms with van der Waals surface area (Å²) in [7, 11) is 1.49. The lowest BCUT2D eigenvalue weighted by Gasteiger charge is -2.33. The third-order valence-corrected chi connectivity index (χ3v) is 6.80. The second-order valence-electron chi connectivity index (χ2n) is 8.93. The number of nitrogens with one attached hydrogen (secondary N) is 2. The van der Waals surface area contributed by atoms with Gasteiger partial charge in [0, 0.05) is 43.4 Å². The molecule has 2 N–H and O–H groups in total. The average Bonchev–Trinajstić information content (AvgIpc) is 3.37. The van der Waals surface area contributed by atoms with Crippen molar-refractivity contribution in [2.45, 2.75) is 18.9 Å². The first-order valence-electron chi connectivity index (χ1n) is 11.7. The molecule has 6 rings (SSSR count). The highest BCUT2D eigenvalue weighted by Gasteiger charge is 2.27. The van der Waals surface area contributed by atoms with E-state index in [0.717, 1.165) is 16.5 Å². The first kappa shape index (κ1) is 22.1. The quantitative estimate of drug-likeness (QED) is 0.371. The minimum absolute atomic E-state index is 0.0276. The van der Waals surface area contributed by atoms with E-state index in [9.17, 15) is 14.4 Å². The van der Waals surface area contributed by atoms with Gasteiger partial charge in [-0.1, -0.05) is 6.07 Å². The van der Waals surface area contributed by atoms with Crippen LogP contribution in [0.1, 0.15) is 18.9 Å². The number of amides is 1. The molecule has 11 nitrogen and oxygen atoms in total. The van der Waals surface area contributed by atoms with Crippen molar-refractivity contribution in [2.24, 2.45) is 0 Å². The van der Waals surface area contributed by atoms with Gasteiger partial charge < -0.3 is 9.64 Å². The van der Waals surface area contributed by atoms with Crippen LogP contribution < -0.4 is 11.2 Å². The molecule has 1 aromatic carbocycles. The van der Waals surface area contributed by atoms with Gasteiger partial charge in [0.1, 0.15) is 12.1 Å². The van der Waals surface area contributed by atoms with Gasteiger partial charge in [0.15, 0.2) is 0 Å². The number of hydrogen-bond donors (Lipinski definition) is 2. The van der Waals surface area contributed by atoms with Crippen molar-refractivity contribution >= 4 is 38.7 Å². The molecule has 4 aromatic heterocycles. The Bertz CT molecular complexity index is 1750. The smallest absolute Gasteiger partial charge is 0.329 e. The molecule has 5 heterocycles. The molecule has 1 aliphatic heterocycles. The zero-order valence-corrected chi connectivity index (χ0v) is 19.5. The SMILES string of the molecule is COCC(=O)N1CCC(n2c(=O)[nH]c(=O)c3cnc4ccc(-c5ccc6[nH]ncc6c5)nc4c32)CC1. The van der Waals surface area contributed by atoms with E-state index in [2.05, 4.69) is 20.2 Å². The van der Waals surface area contributed by atoms with Gasteiger partial charge in [0.05, 0.1) is 33.8 Å². The molecule has 0 spiro atoms. The Labute approximate surface area is 203 Å². The number of hydrogen-bond acceptors (Lipinski definition) is 7. The summed E-state index contributed by atoms with van der Waals surface area (Å²) >= 11 is 0. The largest absolute Gasteiger partial charge is 0.375 e. The molecule has 1 fully saturated rings. The minimum Gasteiger partial charge on any atom is -0.375 e. The second-order valence-corrected chi connectivity index (χ2v) is 8.93. The first-order chi connectivity index (χ1) is 17.5. The Hall–Kier alpha value is -4.38. The maximum Gasteiger partial charge on any atom is 0.329 e. The summed E-state index contributed by atoms with van der Waals surface area (Å²) in [5.41, 5.74) is 3.03. The number of aromatic nitrogens is 6. The predicted molar refractivity (Wildman–Crippen MR) is 134 cm³/mol. The van der Waals surface area contributed by atoms with Crippen molar-refractivity contribution in [1.29, 1.82) is 0 Å². The highest BCUT2D eigenvalue weighted by atomic mass is 16.5. The van der Waals surface area contributed by atoms with Crippen molar-refractivity contribution in [1.82, 2.24) is 34.6 Å². The van der Waals surface area contributed by atoms with Gasteiger partial charge in [-0.3, -0.25) is 29.2 Å². The number of pyridine rings is 2. The van der Waals surface area contributed by atoms with Gasteiger partial charge in [-0.05, 0) is 37.1 Å². The number of H-pyrrole nitrogens is 2. The molecule has 0 aliphatic carbocycles. The van der Waals surface area contributed by atoms with Crippen molar-refractivity contribution in [3.8, 4) is 11.3 Å². The minimum atomic E-state index is -0.500. The van der Waals surface area contributed by atoms with Crippen LogP contribution in [0.5, 0.6) is 0 Å². The summed E-state index contributed by atoms with van der Waals surface area (Å²) in [4.78, 5) is 51.6. The summed E-state index contributed by atoms with van der Waals surface area (Å²) in [5.74, 6) is -0.0785. The molecular formula is C25H23N7O4. The number of aromatic amines is 2. The fourth-order valence-electron chi connectivity index (χ4n) is 4.99. The molecule has 1 amide bonds. The Kier molecular flexibility index (Phi) is 5.33. The average molecular weight is 486 g/mol. The molecule has 1 saturated heterocycles. The molecular weight excluding hydrogens is 462 g/mol. The monoisotopic (exact) mass is 485 g/mol. The van der Waals surface area contributed by atoms with Crippen LogP contribution in [0.3, 0.4) is 0 Å². The predicted octanol–water partition coefficient (Wildman–Crippen LogP) is 1.99. The van der Waals surface area contributed by atoms with Gasteiger partial charge in [0.25, 0.3) is 5.56 Å². The molecule has 0 bridgehead atoms. The first-order valence-corrected chi connectivity index (χ1v) is 11.7. The lowest BCUT2D eigenvalue weighted by molar-refractivity contribution is -0.136. The fraction of sp³-hybridized carbons (Fsp3) is 0.280. The van der Waals surface area contributed by atoms with Crippen LogP contribution >= 0.6 is 0 Å². The molecule has 0 atom stereocenters. The molecule has 0 radical (unpaired) electrons. The van der Waals surface area contributed by atoms with Crippen molar-refractivity contribution in [3.63, 3.8) is 0 Å². The van der Waals surface area contributed by atoms with E-state index >= 15 is 0 Å². The highest BCUT2D eigenvalue weighted by Crippen LogP contribution is 2.29. The Morgan fingerprint density at radius 3 is 2.78 bits per heavy atom. The molecule has 0 unspecified atom stereocenters. The second kappa shape index (κ2) is 8.68. The topological polar surface area (TPSA) is 139 Å². The Balaban J connectivity index is 1.50. The number of ether oxygens (including phenoxy) is 1. The van der Waals surface area contributed by atoms with Gasteiger partial charge in [-0.15, -0.1) is 0 Å². The molecule has 36 heavy (non-hydrogen) atoms. The number of methoxy groups -OCH3 is 1. The van der Waals surface area contributed by atoms with Gasteiger partial charge in [-0.25, -0.2) is 9.78 Å². The molecule has 11 heteroatoms. The Morgan fingerprint density at radius 2 is 1.97 bits per heavy atom. The van der Waals surface area contributed by atoms with Crippen LogP contribution in [-0.2, 0) is 9.53 Å². The summed E-state index contributed by atoms with van der Waals surface area (Å²) in [6.45, 7) is 1.01. The van der Waals surface area contributed by atoms with Crippen LogP contribution in [0.25, 0.3) is 44.1 Å². The normalized spacial score (nSPS) is 14.8. The van der Waals surface area contributed by atoms with Gasteiger partial charge in [-0.2, -0.15) is 5.10 Å². The zero-order chi connectivity index (χ0) is 24.8. The maximum absolute atomic E-state index is 13.1. The number of benzene rings is 1. The van der Waals surface area contributed by atoms with Crippen molar-refractivity contribution < 1.29 is 9.53 Å². The number of piperidine rings is 1. The molecule has 1 aliphatic rings. The van der Waals surface area contributed by atoms with E-state index in [0.29, 0.717) is 53.6 Å². The standard InChI is InChI=1S/C25H23N7O4/c1-36-13-21(33)31-8-6-16(7-9-31)32-23-17(24(34)29-25(32)35)12-26-20-5-4-18(28-22(20)23)14-2-3-19-15(10-14)11-27-30-19/h2-5,10-12,16H,6-9,13H2,1H3,(H,27,30)(H,29,34,35). The highest BCUT2D eigenvalue weighted by molar-refractivity contribution is 6.01. The van der Waals surface area contributed by atoms with Crippen molar-refractivity contribution in [2.75, 3.05) is 26.8 Å². The van der Waals surface area contributed by atoms with Crippen molar-refractivity contribution in [3.05, 3.63) is 63.6 Å².